The molecule has 0 aliphatic carbocycles. The lowest BCUT2D eigenvalue weighted by Gasteiger charge is -2.22. The van der Waals surface area contributed by atoms with Gasteiger partial charge in [-0.15, -0.1) is 0 Å². The van der Waals surface area contributed by atoms with Crippen LogP contribution in [0.2, 0.25) is 0 Å². The number of benzene rings is 1. The highest BCUT2D eigenvalue weighted by molar-refractivity contribution is 5.95. The molecule has 1 amide bonds. The number of hydrogen-bond acceptors (Lipinski definition) is 4. The van der Waals surface area contributed by atoms with Gasteiger partial charge in [0.1, 0.15) is 5.75 Å². The number of nitrogens with zero attached hydrogens (tertiary/aromatic N) is 2. The van der Waals surface area contributed by atoms with Crippen LogP contribution < -0.4 is 10.1 Å². The molecule has 18 heavy (non-hydrogen) atoms. The van der Waals surface area contributed by atoms with Crippen molar-refractivity contribution in [3.8, 4) is 11.8 Å². The van der Waals surface area contributed by atoms with Gasteiger partial charge in [0.25, 0.3) is 5.91 Å². The van der Waals surface area contributed by atoms with E-state index in [9.17, 15) is 4.79 Å². The van der Waals surface area contributed by atoms with Crippen LogP contribution in [0.1, 0.15) is 12.5 Å². The lowest BCUT2D eigenvalue weighted by atomic mass is 10.1. The van der Waals surface area contributed by atoms with E-state index in [0.29, 0.717) is 18.0 Å². The molecule has 1 unspecified atom stereocenters. The zero-order valence-corrected chi connectivity index (χ0v) is 10.4. The summed E-state index contributed by atoms with van der Waals surface area (Å²) in [6, 6.07) is 7.70. The van der Waals surface area contributed by atoms with Crippen LogP contribution in [0.3, 0.4) is 0 Å². The van der Waals surface area contributed by atoms with Crippen LogP contribution in [0.4, 0.5) is 5.69 Å². The molecule has 0 radical (unpaired) electrons. The Morgan fingerprint density at radius 2 is 2.39 bits per heavy atom. The third-order valence-electron chi connectivity index (χ3n) is 2.96. The van der Waals surface area contributed by atoms with Crippen LogP contribution in [0.5, 0.6) is 5.75 Å². The average molecular weight is 245 g/mol. The van der Waals surface area contributed by atoms with E-state index in [1.807, 2.05) is 37.1 Å². The number of nitriles is 1. The maximum atomic E-state index is 11.2. The average Bonchev–Trinajstić information content (AvgIpc) is 2.37. The fourth-order valence-electron chi connectivity index (χ4n) is 1.75. The van der Waals surface area contributed by atoms with Crippen molar-refractivity contribution < 1.29 is 9.53 Å². The molecule has 0 fully saturated rings. The van der Waals surface area contributed by atoms with Crippen molar-refractivity contribution in [3.05, 3.63) is 23.8 Å². The molecule has 1 aromatic carbocycles. The summed E-state index contributed by atoms with van der Waals surface area (Å²) in [4.78, 5) is 13.2. The molecule has 1 aromatic rings. The minimum Gasteiger partial charge on any atom is -0.482 e. The molecule has 0 saturated carbocycles. The minimum absolute atomic E-state index is 0.0672. The number of carbonyl (C=O) groups excluding carboxylic acids is 1. The van der Waals surface area contributed by atoms with Crippen LogP contribution in [0.25, 0.3) is 0 Å². The fraction of sp³-hybridized carbons (Fsp3) is 0.385. The first-order chi connectivity index (χ1) is 8.60. The normalized spacial score (nSPS) is 15.3. The molecule has 94 valence electrons. The number of nitrogens with one attached hydrogen (secondary N) is 1. The number of rotatable bonds is 3. The predicted molar refractivity (Wildman–Crippen MR) is 67.1 cm³/mol. The van der Waals surface area contributed by atoms with Gasteiger partial charge in [-0.3, -0.25) is 9.69 Å². The summed E-state index contributed by atoms with van der Waals surface area (Å²) in [5, 5.41) is 11.6. The van der Waals surface area contributed by atoms with E-state index in [1.165, 1.54) is 0 Å². The van der Waals surface area contributed by atoms with Gasteiger partial charge in [-0.05, 0) is 31.7 Å². The van der Waals surface area contributed by atoms with Crippen LogP contribution in [0, 0.1) is 11.3 Å². The van der Waals surface area contributed by atoms with E-state index in [-0.39, 0.29) is 18.6 Å². The van der Waals surface area contributed by atoms with Gasteiger partial charge in [0.2, 0.25) is 0 Å². The molecule has 5 nitrogen and oxygen atoms in total. The smallest absolute Gasteiger partial charge is 0.262 e. The summed E-state index contributed by atoms with van der Waals surface area (Å²) in [6.45, 7) is 2.57. The first-order valence-corrected chi connectivity index (χ1v) is 5.75. The van der Waals surface area contributed by atoms with Crippen molar-refractivity contribution in [1.82, 2.24) is 4.90 Å². The van der Waals surface area contributed by atoms with Crippen molar-refractivity contribution in [1.29, 1.82) is 5.26 Å². The number of carbonyl (C=O) groups is 1. The molecule has 0 bridgehead atoms. The summed E-state index contributed by atoms with van der Waals surface area (Å²) < 4.78 is 5.29. The van der Waals surface area contributed by atoms with E-state index in [1.54, 1.807) is 0 Å². The molecule has 1 N–H and O–H groups in total. The number of fused-ring (bicyclic) bond motifs is 1. The lowest BCUT2D eigenvalue weighted by Crippen LogP contribution is -2.28. The van der Waals surface area contributed by atoms with Crippen LogP contribution in [-0.4, -0.2) is 30.5 Å². The van der Waals surface area contributed by atoms with Gasteiger partial charge in [-0.1, -0.05) is 6.07 Å². The van der Waals surface area contributed by atoms with Gasteiger partial charge in [-0.25, -0.2) is 0 Å². The molecule has 0 spiro atoms. The van der Waals surface area contributed by atoms with Crippen LogP contribution >= 0.6 is 0 Å². The summed E-state index contributed by atoms with van der Waals surface area (Å²) in [5.41, 5.74) is 1.73. The fourth-order valence-corrected chi connectivity index (χ4v) is 1.75. The Morgan fingerprint density at radius 3 is 3.11 bits per heavy atom. The van der Waals surface area contributed by atoms with E-state index < -0.39 is 0 Å². The quantitative estimate of drug-likeness (QED) is 0.873. The minimum atomic E-state index is -0.146. The Labute approximate surface area is 106 Å². The van der Waals surface area contributed by atoms with Crippen molar-refractivity contribution in [3.63, 3.8) is 0 Å². The number of amides is 1. The number of hydrogen-bond donors (Lipinski definition) is 1. The Balaban J connectivity index is 2.14. The zero-order valence-electron chi connectivity index (χ0n) is 10.4. The van der Waals surface area contributed by atoms with Gasteiger partial charge >= 0.3 is 0 Å². The highest BCUT2D eigenvalue weighted by Gasteiger charge is 2.16. The third-order valence-corrected chi connectivity index (χ3v) is 2.96. The predicted octanol–water partition coefficient (Wildman–Crippen LogP) is 1.36. The topological polar surface area (TPSA) is 65.4 Å². The summed E-state index contributed by atoms with van der Waals surface area (Å²) >= 11 is 0. The van der Waals surface area contributed by atoms with Crippen molar-refractivity contribution in [2.45, 2.75) is 19.5 Å². The van der Waals surface area contributed by atoms with Gasteiger partial charge in [0.15, 0.2) is 6.61 Å². The van der Waals surface area contributed by atoms with E-state index >= 15 is 0 Å². The number of anilines is 1. The molecule has 1 aliphatic rings. The summed E-state index contributed by atoms with van der Waals surface area (Å²) in [7, 11) is 1.89. The monoisotopic (exact) mass is 245 g/mol. The highest BCUT2D eigenvalue weighted by atomic mass is 16.5. The second kappa shape index (κ2) is 5.07. The molecule has 5 heteroatoms. The Hall–Kier alpha value is -2.06. The summed E-state index contributed by atoms with van der Waals surface area (Å²) in [6.07, 6.45) is 0. The lowest BCUT2D eigenvalue weighted by molar-refractivity contribution is -0.118. The maximum absolute atomic E-state index is 11.2. The van der Waals surface area contributed by atoms with Gasteiger partial charge in [0.05, 0.1) is 17.8 Å². The second-order valence-corrected chi connectivity index (χ2v) is 4.39. The zero-order chi connectivity index (χ0) is 13.1. The molecule has 2 rings (SSSR count). The molecular weight excluding hydrogens is 230 g/mol. The molecule has 0 aromatic heterocycles. The molecule has 1 atom stereocenters. The van der Waals surface area contributed by atoms with Crippen LogP contribution in [0.15, 0.2) is 18.2 Å². The van der Waals surface area contributed by atoms with Gasteiger partial charge in [0, 0.05) is 6.54 Å². The first-order valence-electron chi connectivity index (χ1n) is 5.75. The van der Waals surface area contributed by atoms with Gasteiger partial charge in [-0.2, -0.15) is 5.26 Å². The van der Waals surface area contributed by atoms with E-state index in [2.05, 4.69) is 11.4 Å². The third kappa shape index (κ3) is 2.60. The summed E-state index contributed by atoms with van der Waals surface area (Å²) in [5.74, 6) is 0.549. The Bertz CT molecular complexity index is 507. The molecule has 0 saturated heterocycles. The largest absolute Gasteiger partial charge is 0.482 e. The first kappa shape index (κ1) is 12.4. The Morgan fingerprint density at radius 1 is 1.61 bits per heavy atom. The maximum Gasteiger partial charge on any atom is 0.262 e. The molecule has 1 heterocycles. The highest BCUT2D eigenvalue weighted by Crippen LogP contribution is 2.28. The second-order valence-electron chi connectivity index (χ2n) is 4.39. The van der Waals surface area contributed by atoms with E-state index in [4.69, 9.17) is 10.00 Å². The molecular formula is C13H15N3O2. The van der Waals surface area contributed by atoms with Crippen molar-refractivity contribution in [2.24, 2.45) is 0 Å². The molecule has 1 aliphatic heterocycles. The van der Waals surface area contributed by atoms with Crippen molar-refractivity contribution in [2.75, 3.05) is 19.0 Å². The van der Waals surface area contributed by atoms with Gasteiger partial charge < -0.3 is 10.1 Å². The number of ether oxygens (including phenoxy) is 1. The van der Waals surface area contributed by atoms with Crippen LogP contribution in [-0.2, 0) is 11.3 Å². The SMILES string of the molecule is CC(C#N)N(C)Cc1ccc2c(c1)NC(=O)CO2. The Kier molecular flexibility index (Phi) is 3.49. The standard InChI is InChI=1S/C13H15N3O2/c1-9(6-14)16(2)7-10-3-4-12-11(5-10)15-13(17)8-18-12/h3-5,9H,7-8H2,1-2H3,(H,15,17). The van der Waals surface area contributed by atoms with Crippen molar-refractivity contribution >= 4 is 11.6 Å². The van der Waals surface area contributed by atoms with E-state index in [0.717, 1.165) is 5.56 Å².